The molecule has 1 aromatic heterocycles. The highest BCUT2D eigenvalue weighted by Crippen LogP contribution is 2.30. The van der Waals surface area contributed by atoms with E-state index in [1.165, 1.54) is 7.05 Å². The molecule has 0 aliphatic carbocycles. The molecule has 1 aromatic rings. The van der Waals surface area contributed by atoms with Crippen LogP contribution in [0.3, 0.4) is 0 Å². The lowest BCUT2D eigenvalue weighted by Crippen LogP contribution is -2.39. The van der Waals surface area contributed by atoms with E-state index >= 15 is 0 Å². The van der Waals surface area contributed by atoms with Crippen molar-refractivity contribution in [2.75, 3.05) is 11.9 Å². The van der Waals surface area contributed by atoms with Crippen molar-refractivity contribution in [1.29, 1.82) is 5.26 Å². The summed E-state index contributed by atoms with van der Waals surface area (Å²) in [6.45, 7) is 1.58. The van der Waals surface area contributed by atoms with Crippen LogP contribution in [0, 0.1) is 11.3 Å². The number of carbonyl (C=O) groups is 1. The summed E-state index contributed by atoms with van der Waals surface area (Å²) in [5, 5.41) is 17.9. The molecule has 1 heterocycles. The fourth-order valence-electron chi connectivity index (χ4n) is 1.72. The molecule has 0 saturated heterocycles. The number of hydrogen-bond acceptors (Lipinski definition) is 4. The van der Waals surface area contributed by atoms with Gasteiger partial charge in [-0.15, -0.1) is 0 Å². The molecule has 0 aliphatic rings. The van der Waals surface area contributed by atoms with Gasteiger partial charge in [0.05, 0.1) is 5.56 Å². The van der Waals surface area contributed by atoms with Gasteiger partial charge >= 0.3 is 12.1 Å². The maximum Gasteiger partial charge on any atom is 0.433 e. The summed E-state index contributed by atoms with van der Waals surface area (Å²) < 4.78 is 37.9. The predicted octanol–water partition coefficient (Wildman–Crippen LogP) is 2.27. The Labute approximate surface area is 113 Å². The molecule has 1 atom stereocenters. The van der Waals surface area contributed by atoms with Crippen LogP contribution in [-0.2, 0) is 11.0 Å². The highest BCUT2D eigenvalue weighted by atomic mass is 19.4. The fourth-order valence-corrected chi connectivity index (χ4v) is 1.72. The summed E-state index contributed by atoms with van der Waals surface area (Å²) in [6, 6.07) is 2.33. The Morgan fingerprint density at radius 1 is 1.55 bits per heavy atom. The minimum atomic E-state index is -4.66. The van der Waals surface area contributed by atoms with Crippen molar-refractivity contribution >= 4 is 11.8 Å². The number of hydrogen-bond donors (Lipinski definition) is 1. The molecule has 0 spiro atoms. The third kappa shape index (κ3) is 3.17. The third-order valence-corrected chi connectivity index (χ3v) is 2.76. The Morgan fingerprint density at radius 3 is 2.55 bits per heavy atom. The number of aliphatic carboxylic acids is 1. The zero-order valence-electron chi connectivity index (χ0n) is 10.8. The number of pyridine rings is 1. The van der Waals surface area contributed by atoms with Crippen LogP contribution in [0.2, 0.25) is 0 Å². The van der Waals surface area contributed by atoms with Gasteiger partial charge in [-0.2, -0.15) is 18.4 Å². The first kappa shape index (κ1) is 15.8. The lowest BCUT2D eigenvalue weighted by molar-refractivity contribution is -0.141. The summed E-state index contributed by atoms with van der Waals surface area (Å²) in [5.41, 5.74) is -1.28. The Hall–Kier alpha value is -2.30. The van der Waals surface area contributed by atoms with Gasteiger partial charge in [-0.05, 0) is 18.6 Å². The van der Waals surface area contributed by atoms with Gasteiger partial charge in [-0.1, -0.05) is 6.92 Å². The first-order valence-electron chi connectivity index (χ1n) is 5.66. The van der Waals surface area contributed by atoms with Crippen LogP contribution in [0.5, 0.6) is 0 Å². The van der Waals surface area contributed by atoms with Crippen LogP contribution in [-0.4, -0.2) is 29.1 Å². The van der Waals surface area contributed by atoms with Crippen LogP contribution in [0.4, 0.5) is 19.0 Å². The molecule has 1 N–H and O–H groups in total. The number of alkyl halides is 3. The van der Waals surface area contributed by atoms with Gasteiger partial charge in [-0.25, -0.2) is 9.78 Å². The van der Waals surface area contributed by atoms with E-state index in [1.54, 1.807) is 13.0 Å². The number of nitrogens with zero attached hydrogens (tertiary/aromatic N) is 3. The zero-order valence-corrected chi connectivity index (χ0v) is 10.8. The molecule has 0 fully saturated rings. The summed E-state index contributed by atoms with van der Waals surface area (Å²) in [6.07, 6.45) is -4.50. The minimum Gasteiger partial charge on any atom is -0.480 e. The molecule has 5 nitrogen and oxygen atoms in total. The average molecular weight is 287 g/mol. The number of nitriles is 1. The first-order chi connectivity index (χ1) is 9.22. The highest BCUT2D eigenvalue weighted by Gasteiger charge is 2.34. The number of aromatic nitrogens is 1. The first-order valence-corrected chi connectivity index (χ1v) is 5.66. The van der Waals surface area contributed by atoms with E-state index in [2.05, 4.69) is 4.98 Å². The quantitative estimate of drug-likeness (QED) is 0.919. The van der Waals surface area contributed by atoms with E-state index in [4.69, 9.17) is 10.4 Å². The largest absolute Gasteiger partial charge is 0.480 e. The average Bonchev–Trinajstić information content (AvgIpc) is 2.37. The lowest BCUT2D eigenvalue weighted by atomic mass is 10.1. The van der Waals surface area contributed by atoms with E-state index in [9.17, 15) is 18.0 Å². The molecule has 0 radical (unpaired) electrons. The van der Waals surface area contributed by atoms with Gasteiger partial charge in [0.2, 0.25) is 0 Å². The Kier molecular flexibility index (Phi) is 4.55. The van der Waals surface area contributed by atoms with E-state index < -0.39 is 23.9 Å². The SMILES string of the molecule is CCC(C(=O)O)N(C)c1nc(C(F)(F)F)ccc1C#N. The fraction of sp³-hybridized carbons (Fsp3) is 0.417. The molecule has 8 heteroatoms. The molecule has 0 aromatic carbocycles. The van der Waals surface area contributed by atoms with E-state index in [1.807, 2.05) is 0 Å². The molecule has 0 aliphatic heterocycles. The lowest BCUT2D eigenvalue weighted by Gasteiger charge is -2.26. The second-order valence-corrected chi connectivity index (χ2v) is 4.05. The van der Waals surface area contributed by atoms with Crippen molar-refractivity contribution in [2.24, 2.45) is 0 Å². The molecule has 1 unspecified atom stereocenters. The van der Waals surface area contributed by atoms with Gasteiger partial charge in [0, 0.05) is 7.05 Å². The normalized spacial score (nSPS) is 12.6. The number of carboxylic acid groups (broad SMARTS) is 1. The summed E-state index contributed by atoms with van der Waals surface area (Å²) in [5.74, 6) is -1.49. The van der Waals surface area contributed by atoms with E-state index in [0.29, 0.717) is 6.07 Å². The van der Waals surface area contributed by atoms with Crippen LogP contribution < -0.4 is 4.90 Å². The van der Waals surface area contributed by atoms with E-state index in [-0.39, 0.29) is 17.8 Å². The molecular formula is C12H12F3N3O2. The molecule has 1 rings (SSSR count). The van der Waals surface area contributed by atoms with Gasteiger partial charge in [0.1, 0.15) is 23.6 Å². The number of rotatable bonds is 4. The topological polar surface area (TPSA) is 77.2 Å². The van der Waals surface area contributed by atoms with Crippen molar-refractivity contribution in [1.82, 2.24) is 4.98 Å². The third-order valence-electron chi connectivity index (χ3n) is 2.76. The molecule has 0 bridgehead atoms. The van der Waals surface area contributed by atoms with Gasteiger partial charge < -0.3 is 10.0 Å². The number of carboxylic acids is 1. The molecule has 0 saturated carbocycles. The second kappa shape index (κ2) is 5.77. The molecule has 0 amide bonds. The number of halogens is 3. The molecule has 108 valence electrons. The van der Waals surface area contributed by atoms with Crippen molar-refractivity contribution in [3.8, 4) is 6.07 Å². The molecular weight excluding hydrogens is 275 g/mol. The molecule has 20 heavy (non-hydrogen) atoms. The van der Waals surface area contributed by atoms with Crippen LogP contribution in [0.25, 0.3) is 0 Å². The Bertz CT molecular complexity index is 552. The minimum absolute atomic E-state index is 0.111. The van der Waals surface area contributed by atoms with Crippen LogP contribution >= 0.6 is 0 Å². The Morgan fingerprint density at radius 2 is 2.15 bits per heavy atom. The van der Waals surface area contributed by atoms with Crippen LogP contribution in [0.15, 0.2) is 12.1 Å². The van der Waals surface area contributed by atoms with Crippen molar-refractivity contribution in [3.05, 3.63) is 23.4 Å². The maximum atomic E-state index is 12.6. The predicted molar refractivity (Wildman–Crippen MR) is 64.1 cm³/mol. The summed E-state index contributed by atoms with van der Waals surface area (Å²) >= 11 is 0. The summed E-state index contributed by atoms with van der Waals surface area (Å²) in [4.78, 5) is 15.5. The van der Waals surface area contributed by atoms with Gasteiger partial charge in [-0.3, -0.25) is 0 Å². The Balaban J connectivity index is 3.34. The van der Waals surface area contributed by atoms with E-state index in [0.717, 1.165) is 11.0 Å². The monoisotopic (exact) mass is 287 g/mol. The van der Waals surface area contributed by atoms with Crippen LogP contribution in [0.1, 0.15) is 24.6 Å². The standard InChI is InChI=1S/C12H12F3N3O2/c1-3-8(11(19)20)18(2)10-7(6-16)4-5-9(17-10)12(13,14)15/h4-5,8H,3H2,1-2H3,(H,19,20). The highest BCUT2D eigenvalue weighted by molar-refractivity contribution is 5.78. The maximum absolute atomic E-state index is 12.6. The zero-order chi connectivity index (χ0) is 15.5. The number of anilines is 1. The van der Waals surface area contributed by atoms with Gasteiger partial charge in [0.15, 0.2) is 0 Å². The second-order valence-electron chi connectivity index (χ2n) is 4.05. The number of likely N-dealkylation sites (N-methyl/N-ethyl adjacent to an activating group) is 1. The smallest absolute Gasteiger partial charge is 0.433 e. The van der Waals surface area contributed by atoms with Crippen molar-refractivity contribution < 1.29 is 23.1 Å². The summed E-state index contributed by atoms with van der Waals surface area (Å²) in [7, 11) is 1.30. The van der Waals surface area contributed by atoms with Crippen molar-refractivity contribution in [3.63, 3.8) is 0 Å². The van der Waals surface area contributed by atoms with Gasteiger partial charge in [0.25, 0.3) is 0 Å². The van der Waals surface area contributed by atoms with Crippen molar-refractivity contribution in [2.45, 2.75) is 25.6 Å².